The van der Waals surface area contributed by atoms with E-state index in [1.807, 2.05) is 6.08 Å². The van der Waals surface area contributed by atoms with E-state index in [2.05, 4.69) is 37.4 Å². The first-order valence-electron chi connectivity index (χ1n) is 9.29. The maximum Gasteiger partial charge on any atom is 0.335 e. The van der Waals surface area contributed by atoms with Gasteiger partial charge in [-0.3, -0.25) is 0 Å². The smallest absolute Gasteiger partial charge is 0.335 e. The second kappa shape index (κ2) is 10.2. The lowest BCUT2D eigenvalue weighted by atomic mass is 9.77. The Hall–Kier alpha value is -1.87. The highest BCUT2D eigenvalue weighted by Gasteiger charge is 2.21. The van der Waals surface area contributed by atoms with Crippen LogP contribution in [0.5, 0.6) is 0 Å². The van der Waals surface area contributed by atoms with Crippen LogP contribution in [0.1, 0.15) is 55.6 Å². The quantitative estimate of drug-likeness (QED) is 0.406. The van der Waals surface area contributed by atoms with Crippen molar-refractivity contribution in [2.24, 2.45) is 5.92 Å². The third-order valence-corrected chi connectivity index (χ3v) is 5.18. The van der Waals surface area contributed by atoms with Crippen LogP contribution < -0.4 is 0 Å². The number of rotatable bonds is 9. The lowest BCUT2D eigenvalue weighted by Gasteiger charge is -2.28. The van der Waals surface area contributed by atoms with E-state index >= 15 is 0 Å². The van der Waals surface area contributed by atoms with E-state index in [-0.39, 0.29) is 12.2 Å². The number of aliphatic hydroxyl groups is 1. The van der Waals surface area contributed by atoms with E-state index in [1.165, 1.54) is 37.7 Å². The van der Waals surface area contributed by atoms with Crippen LogP contribution in [0.3, 0.4) is 0 Å². The standard InChI is InChI=1S/C22H30O3/c1-3-4-5-18-6-10-20(11-7-18)21-12-8-19(9-13-21)14-15-25-22(24)17(2)16-23/h3,8-9,12-13,18,20,23H,1-2,4-7,10-11,14-16H2. The van der Waals surface area contributed by atoms with E-state index in [9.17, 15) is 4.79 Å². The highest BCUT2D eigenvalue weighted by atomic mass is 16.5. The molecule has 136 valence electrons. The molecule has 0 heterocycles. The summed E-state index contributed by atoms with van der Waals surface area (Å²) in [5, 5.41) is 8.83. The lowest BCUT2D eigenvalue weighted by molar-refractivity contribution is -0.139. The molecule has 1 aromatic rings. The first-order chi connectivity index (χ1) is 12.1. The average Bonchev–Trinajstić information content (AvgIpc) is 2.66. The molecule has 1 aliphatic carbocycles. The summed E-state index contributed by atoms with van der Waals surface area (Å²) < 4.78 is 5.08. The number of carbonyl (C=O) groups is 1. The van der Waals surface area contributed by atoms with Crippen molar-refractivity contribution >= 4 is 5.97 Å². The number of esters is 1. The lowest BCUT2D eigenvalue weighted by Crippen LogP contribution is -2.13. The molecule has 0 spiro atoms. The molecule has 0 atom stereocenters. The molecule has 3 nitrogen and oxygen atoms in total. The van der Waals surface area contributed by atoms with E-state index in [0.29, 0.717) is 18.9 Å². The van der Waals surface area contributed by atoms with Gasteiger partial charge in [-0.25, -0.2) is 4.79 Å². The molecule has 0 aliphatic heterocycles. The van der Waals surface area contributed by atoms with Crippen molar-refractivity contribution in [3.63, 3.8) is 0 Å². The Morgan fingerprint density at radius 2 is 1.88 bits per heavy atom. The molecular weight excluding hydrogens is 312 g/mol. The molecule has 2 rings (SSSR count). The second-order valence-electron chi connectivity index (χ2n) is 6.97. The SMILES string of the molecule is C=CCCC1CCC(c2ccc(CCOC(=O)C(=C)CO)cc2)CC1. The molecule has 1 N–H and O–H groups in total. The summed E-state index contributed by atoms with van der Waals surface area (Å²) in [6.07, 6.45) is 10.3. The Kier molecular flexibility index (Phi) is 7.93. The van der Waals surface area contributed by atoms with Crippen LogP contribution in [-0.2, 0) is 16.0 Å². The summed E-state index contributed by atoms with van der Waals surface area (Å²) in [6, 6.07) is 8.71. The van der Waals surface area contributed by atoms with Crippen molar-refractivity contribution in [1.29, 1.82) is 0 Å². The minimum Gasteiger partial charge on any atom is -0.462 e. The Morgan fingerprint density at radius 1 is 1.20 bits per heavy atom. The Morgan fingerprint density at radius 3 is 2.48 bits per heavy atom. The summed E-state index contributed by atoms with van der Waals surface area (Å²) in [7, 11) is 0. The van der Waals surface area contributed by atoms with Gasteiger partial charge in [-0.2, -0.15) is 0 Å². The minimum absolute atomic E-state index is 0.0963. The maximum atomic E-state index is 11.4. The van der Waals surface area contributed by atoms with E-state index in [0.717, 1.165) is 17.9 Å². The zero-order chi connectivity index (χ0) is 18.1. The van der Waals surface area contributed by atoms with Gasteiger partial charge in [0.05, 0.1) is 18.8 Å². The van der Waals surface area contributed by atoms with Crippen molar-refractivity contribution in [2.75, 3.05) is 13.2 Å². The van der Waals surface area contributed by atoms with Crippen LogP contribution in [0.4, 0.5) is 0 Å². The summed E-state index contributed by atoms with van der Waals surface area (Å²) in [5.41, 5.74) is 2.68. The van der Waals surface area contributed by atoms with Crippen molar-refractivity contribution < 1.29 is 14.6 Å². The average molecular weight is 342 g/mol. The van der Waals surface area contributed by atoms with Crippen molar-refractivity contribution in [3.8, 4) is 0 Å². The summed E-state index contributed by atoms with van der Waals surface area (Å²) in [4.78, 5) is 11.4. The number of aliphatic hydroxyl groups excluding tert-OH is 1. The van der Waals surface area contributed by atoms with Crippen LogP contribution in [-0.4, -0.2) is 24.3 Å². The fourth-order valence-electron chi connectivity index (χ4n) is 3.52. The van der Waals surface area contributed by atoms with Gasteiger partial charge in [0.15, 0.2) is 0 Å². The molecular formula is C22H30O3. The molecule has 1 aliphatic rings. The van der Waals surface area contributed by atoms with Gasteiger partial charge in [0.25, 0.3) is 0 Å². The summed E-state index contributed by atoms with van der Waals surface area (Å²) >= 11 is 0. The highest BCUT2D eigenvalue weighted by Crippen LogP contribution is 2.37. The van der Waals surface area contributed by atoms with Gasteiger partial charge < -0.3 is 9.84 Å². The van der Waals surface area contributed by atoms with E-state index in [4.69, 9.17) is 9.84 Å². The Bertz CT molecular complexity index is 565. The predicted molar refractivity (Wildman–Crippen MR) is 101 cm³/mol. The van der Waals surface area contributed by atoms with Gasteiger partial charge in [-0.15, -0.1) is 6.58 Å². The third kappa shape index (κ3) is 6.17. The first-order valence-corrected chi connectivity index (χ1v) is 9.29. The van der Waals surface area contributed by atoms with Crippen molar-refractivity contribution in [2.45, 2.75) is 50.9 Å². The van der Waals surface area contributed by atoms with Crippen molar-refractivity contribution in [3.05, 3.63) is 60.2 Å². The number of carbonyl (C=O) groups excluding carboxylic acids is 1. The number of allylic oxidation sites excluding steroid dienone is 1. The highest BCUT2D eigenvalue weighted by molar-refractivity contribution is 5.87. The molecule has 0 radical (unpaired) electrons. The zero-order valence-electron chi connectivity index (χ0n) is 15.1. The molecule has 0 bridgehead atoms. The number of hydrogen-bond acceptors (Lipinski definition) is 3. The number of hydrogen-bond donors (Lipinski definition) is 1. The monoisotopic (exact) mass is 342 g/mol. The molecule has 1 aromatic carbocycles. The molecule has 0 aromatic heterocycles. The number of ether oxygens (including phenoxy) is 1. The van der Waals surface area contributed by atoms with Gasteiger partial charge >= 0.3 is 5.97 Å². The summed E-state index contributed by atoms with van der Waals surface area (Å²) in [5.74, 6) is 1.03. The zero-order valence-corrected chi connectivity index (χ0v) is 15.1. The predicted octanol–water partition coefficient (Wildman–Crippen LogP) is 4.56. The Balaban J connectivity index is 1.75. The van der Waals surface area contributed by atoms with Gasteiger partial charge in [-0.1, -0.05) is 36.9 Å². The molecule has 0 amide bonds. The first kappa shape index (κ1) is 19.5. The maximum absolute atomic E-state index is 11.4. The second-order valence-corrected chi connectivity index (χ2v) is 6.97. The molecule has 1 saturated carbocycles. The van der Waals surface area contributed by atoms with Gasteiger partial charge in [-0.05, 0) is 61.5 Å². The van der Waals surface area contributed by atoms with Crippen LogP contribution in [0, 0.1) is 5.92 Å². The molecule has 3 heteroatoms. The fourth-order valence-corrected chi connectivity index (χ4v) is 3.52. The molecule has 25 heavy (non-hydrogen) atoms. The third-order valence-electron chi connectivity index (χ3n) is 5.18. The largest absolute Gasteiger partial charge is 0.462 e. The topological polar surface area (TPSA) is 46.5 Å². The van der Waals surface area contributed by atoms with Gasteiger partial charge in [0.2, 0.25) is 0 Å². The van der Waals surface area contributed by atoms with Crippen LogP contribution >= 0.6 is 0 Å². The van der Waals surface area contributed by atoms with Crippen molar-refractivity contribution in [1.82, 2.24) is 0 Å². The van der Waals surface area contributed by atoms with Gasteiger partial charge in [0.1, 0.15) is 0 Å². The van der Waals surface area contributed by atoms with Crippen LogP contribution in [0.25, 0.3) is 0 Å². The van der Waals surface area contributed by atoms with Crippen LogP contribution in [0.2, 0.25) is 0 Å². The normalized spacial score (nSPS) is 20.0. The fraction of sp³-hybridized carbons (Fsp3) is 0.500. The van der Waals surface area contributed by atoms with Gasteiger partial charge in [0, 0.05) is 6.42 Å². The minimum atomic E-state index is -0.521. The summed E-state index contributed by atoms with van der Waals surface area (Å²) in [6.45, 7) is 7.22. The Labute approximate surface area is 151 Å². The van der Waals surface area contributed by atoms with E-state index < -0.39 is 5.97 Å². The van der Waals surface area contributed by atoms with E-state index in [1.54, 1.807) is 0 Å². The number of benzene rings is 1. The molecule has 0 saturated heterocycles. The van der Waals surface area contributed by atoms with Crippen LogP contribution in [0.15, 0.2) is 49.1 Å². The molecule has 1 fully saturated rings. The molecule has 0 unspecified atom stereocenters.